The van der Waals surface area contributed by atoms with Gasteiger partial charge in [0.25, 0.3) is 6.43 Å². The average Bonchev–Trinajstić information content (AvgIpc) is 3.11. The van der Waals surface area contributed by atoms with E-state index in [1.165, 1.54) is 18.3 Å². The summed E-state index contributed by atoms with van der Waals surface area (Å²) < 4.78 is 66.5. The zero-order valence-electron chi connectivity index (χ0n) is 14.0. The van der Waals surface area contributed by atoms with Crippen LogP contribution in [-0.4, -0.2) is 19.6 Å². The van der Waals surface area contributed by atoms with Crippen LogP contribution < -0.4 is 0 Å². The van der Waals surface area contributed by atoms with Gasteiger partial charge >= 0.3 is 6.18 Å². The molecule has 0 aliphatic rings. The van der Waals surface area contributed by atoms with Gasteiger partial charge in [-0.15, -0.1) is 0 Å². The van der Waals surface area contributed by atoms with Gasteiger partial charge in [0.2, 0.25) is 0 Å². The highest BCUT2D eigenvalue weighted by molar-refractivity contribution is 5.78. The maximum Gasteiger partial charge on any atom is 0.416 e. The van der Waals surface area contributed by atoms with Crippen molar-refractivity contribution >= 4 is 5.65 Å². The Morgan fingerprint density at radius 1 is 0.893 bits per heavy atom. The Morgan fingerprint density at radius 3 is 2.18 bits per heavy atom. The number of rotatable bonds is 3. The van der Waals surface area contributed by atoms with E-state index in [4.69, 9.17) is 0 Å². The Labute approximate surface area is 155 Å². The summed E-state index contributed by atoms with van der Waals surface area (Å²) in [4.78, 5) is 8.30. The molecule has 0 amide bonds. The van der Waals surface area contributed by atoms with Crippen LogP contribution in [0.2, 0.25) is 0 Å². The Balaban J connectivity index is 1.90. The van der Waals surface area contributed by atoms with E-state index in [0.29, 0.717) is 16.7 Å². The molecule has 0 unspecified atom stereocenters. The van der Waals surface area contributed by atoms with Gasteiger partial charge in [0.15, 0.2) is 5.65 Å². The van der Waals surface area contributed by atoms with Crippen molar-refractivity contribution in [1.29, 1.82) is 0 Å². The number of alkyl halides is 5. The van der Waals surface area contributed by atoms with Crippen LogP contribution in [0.1, 0.15) is 17.7 Å². The van der Waals surface area contributed by atoms with Crippen molar-refractivity contribution in [1.82, 2.24) is 19.6 Å². The summed E-state index contributed by atoms with van der Waals surface area (Å²) in [6.07, 6.45) is -2.81. The lowest BCUT2D eigenvalue weighted by Gasteiger charge is -2.10. The summed E-state index contributed by atoms with van der Waals surface area (Å²) in [5.74, 6) is 0. The van der Waals surface area contributed by atoms with Crippen LogP contribution in [0.4, 0.5) is 22.0 Å². The molecule has 0 N–H and O–H groups in total. The Hall–Kier alpha value is -3.36. The van der Waals surface area contributed by atoms with E-state index >= 15 is 0 Å². The van der Waals surface area contributed by atoms with Crippen LogP contribution >= 0.6 is 0 Å². The van der Waals surface area contributed by atoms with E-state index in [1.807, 2.05) is 0 Å². The standard InChI is InChI=1S/C19H11F5N4/c20-17(21)16-9-15(12-1-3-13(4-2-12)19(22,23)24)27-18-14(10-26-28(16)18)11-5-7-25-8-6-11/h1-10,17H. The third-order valence-electron chi connectivity index (χ3n) is 4.22. The molecule has 0 spiro atoms. The first-order valence-corrected chi connectivity index (χ1v) is 8.09. The lowest BCUT2D eigenvalue weighted by molar-refractivity contribution is -0.137. The monoisotopic (exact) mass is 390 g/mol. The molecule has 0 saturated carbocycles. The van der Waals surface area contributed by atoms with E-state index in [9.17, 15) is 22.0 Å². The van der Waals surface area contributed by atoms with Gasteiger partial charge in [-0.1, -0.05) is 12.1 Å². The molecule has 4 rings (SSSR count). The van der Waals surface area contributed by atoms with Crippen LogP contribution in [-0.2, 0) is 6.18 Å². The van der Waals surface area contributed by atoms with Crippen LogP contribution in [0.5, 0.6) is 0 Å². The smallest absolute Gasteiger partial charge is 0.265 e. The van der Waals surface area contributed by atoms with E-state index < -0.39 is 23.9 Å². The zero-order valence-corrected chi connectivity index (χ0v) is 14.0. The van der Waals surface area contributed by atoms with Crippen LogP contribution in [0.3, 0.4) is 0 Å². The quantitative estimate of drug-likeness (QED) is 0.439. The molecule has 28 heavy (non-hydrogen) atoms. The molecular formula is C19H11F5N4. The van der Waals surface area contributed by atoms with Gasteiger partial charge in [0.1, 0.15) is 5.69 Å². The number of benzene rings is 1. The summed E-state index contributed by atoms with van der Waals surface area (Å²) in [6.45, 7) is 0. The number of pyridine rings is 1. The highest BCUT2D eigenvalue weighted by Crippen LogP contribution is 2.33. The Morgan fingerprint density at radius 2 is 1.57 bits per heavy atom. The van der Waals surface area contributed by atoms with Crippen LogP contribution in [0, 0.1) is 0 Å². The van der Waals surface area contributed by atoms with Crippen molar-refractivity contribution in [3.63, 3.8) is 0 Å². The summed E-state index contributed by atoms with van der Waals surface area (Å²) >= 11 is 0. The molecule has 0 aliphatic carbocycles. The van der Waals surface area contributed by atoms with Gasteiger partial charge in [-0.25, -0.2) is 18.3 Å². The third kappa shape index (κ3) is 3.19. The average molecular weight is 390 g/mol. The maximum absolute atomic E-state index is 13.6. The van der Waals surface area contributed by atoms with Gasteiger partial charge in [-0.3, -0.25) is 4.98 Å². The number of hydrogen-bond acceptors (Lipinski definition) is 3. The van der Waals surface area contributed by atoms with E-state index in [0.717, 1.165) is 22.7 Å². The van der Waals surface area contributed by atoms with Gasteiger partial charge < -0.3 is 0 Å². The highest BCUT2D eigenvalue weighted by Gasteiger charge is 2.30. The topological polar surface area (TPSA) is 43.1 Å². The van der Waals surface area contributed by atoms with Crippen LogP contribution in [0.15, 0.2) is 61.1 Å². The number of nitrogens with zero attached hydrogens (tertiary/aromatic N) is 4. The van der Waals surface area contributed by atoms with Crippen molar-refractivity contribution in [3.05, 3.63) is 72.3 Å². The second-order valence-electron chi connectivity index (χ2n) is 5.97. The second kappa shape index (κ2) is 6.66. The molecule has 0 aliphatic heterocycles. The van der Waals surface area contributed by atoms with Crippen molar-refractivity contribution in [3.8, 4) is 22.4 Å². The largest absolute Gasteiger partial charge is 0.416 e. The predicted octanol–water partition coefficient (Wildman–Crippen LogP) is 5.41. The van der Waals surface area contributed by atoms with E-state index in [1.54, 1.807) is 24.5 Å². The van der Waals surface area contributed by atoms with Crippen molar-refractivity contribution in [2.24, 2.45) is 0 Å². The second-order valence-corrected chi connectivity index (χ2v) is 5.97. The fraction of sp³-hybridized carbons (Fsp3) is 0.105. The molecule has 3 heterocycles. The van der Waals surface area contributed by atoms with E-state index in [2.05, 4.69) is 15.1 Å². The third-order valence-corrected chi connectivity index (χ3v) is 4.22. The molecule has 9 heteroatoms. The van der Waals surface area contributed by atoms with Crippen molar-refractivity contribution < 1.29 is 22.0 Å². The lowest BCUT2D eigenvalue weighted by atomic mass is 10.1. The fourth-order valence-electron chi connectivity index (χ4n) is 2.85. The molecule has 0 fully saturated rings. The van der Waals surface area contributed by atoms with Gasteiger partial charge in [0, 0.05) is 23.5 Å². The molecule has 0 saturated heterocycles. The zero-order chi connectivity index (χ0) is 19.9. The number of aromatic nitrogens is 4. The molecule has 0 atom stereocenters. The van der Waals surface area contributed by atoms with Gasteiger partial charge in [0.05, 0.1) is 17.5 Å². The lowest BCUT2D eigenvalue weighted by Crippen LogP contribution is -2.05. The minimum atomic E-state index is -4.48. The minimum absolute atomic E-state index is 0.132. The first kappa shape index (κ1) is 18.0. The minimum Gasteiger partial charge on any atom is -0.265 e. The Kier molecular flexibility index (Phi) is 4.29. The number of halogens is 5. The number of fused-ring (bicyclic) bond motifs is 1. The molecule has 4 aromatic rings. The summed E-state index contributed by atoms with van der Waals surface area (Å²) in [5, 5.41) is 4.00. The molecule has 0 radical (unpaired) electrons. The van der Waals surface area contributed by atoms with Crippen molar-refractivity contribution in [2.75, 3.05) is 0 Å². The molecular weight excluding hydrogens is 379 g/mol. The van der Waals surface area contributed by atoms with E-state index in [-0.39, 0.29) is 11.3 Å². The summed E-state index contributed by atoms with van der Waals surface area (Å²) in [5.41, 5.74) is 0.569. The predicted molar refractivity (Wildman–Crippen MR) is 91.6 cm³/mol. The first-order chi connectivity index (χ1) is 13.3. The first-order valence-electron chi connectivity index (χ1n) is 8.09. The molecule has 1 aromatic carbocycles. The maximum atomic E-state index is 13.6. The molecule has 142 valence electrons. The fourth-order valence-corrected chi connectivity index (χ4v) is 2.85. The molecule has 0 bridgehead atoms. The normalized spacial score (nSPS) is 12.1. The van der Waals surface area contributed by atoms with Crippen molar-refractivity contribution in [2.45, 2.75) is 12.6 Å². The van der Waals surface area contributed by atoms with Crippen LogP contribution in [0.25, 0.3) is 28.0 Å². The van der Waals surface area contributed by atoms with Gasteiger partial charge in [-0.05, 0) is 35.9 Å². The van der Waals surface area contributed by atoms with Gasteiger partial charge in [-0.2, -0.15) is 18.3 Å². The SMILES string of the molecule is FC(F)c1cc(-c2ccc(C(F)(F)F)cc2)nc2c(-c3ccncc3)cnn12. The highest BCUT2D eigenvalue weighted by atomic mass is 19.4. The molecule has 4 nitrogen and oxygen atoms in total. The Bertz CT molecular complexity index is 1120. The number of hydrogen-bond donors (Lipinski definition) is 0. The summed E-state index contributed by atoms with van der Waals surface area (Å²) in [7, 11) is 0. The molecule has 3 aromatic heterocycles. The summed E-state index contributed by atoms with van der Waals surface area (Å²) in [6, 6.07) is 8.70.